The van der Waals surface area contributed by atoms with Crippen molar-refractivity contribution in [2.75, 3.05) is 17.2 Å². The quantitative estimate of drug-likeness (QED) is 0.550. The van der Waals surface area contributed by atoms with Gasteiger partial charge in [-0.3, -0.25) is 9.10 Å². The standard InChI is InChI=1S/C22H26N4O4S/c1-4-30-21-11-9-20(10-12-21)26(31(3,28)29)17(2)22(27)24-15-18-5-7-19(8-6-18)25-14-13-23-16-25/h5-14,16-17H,4,15H2,1-3H3,(H,24,27)/t17-/m0/s1. The zero-order chi connectivity index (χ0) is 22.4. The summed E-state index contributed by atoms with van der Waals surface area (Å²) in [6.45, 7) is 4.23. The molecule has 1 aromatic heterocycles. The van der Waals surface area contributed by atoms with E-state index < -0.39 is 22.0 Å². The normalized spacial score (nSPS) is 12.2. The average molecular weight is 443 g/mol. The Morgan fingerprint density at radius 1 is 1.16 bits per heavy atom. The minimum Gasteiger partial charge on any atom is -0.494 e. The maximum atomic E-state index is 12.7. The van der Waals surface area contributed by atoms with Crippen LogP contribution in [0.2, 0.25) is 0 Å². The maximum absolute atomic E-state index is 12.7. The number of sulfonamides is 1. The summed E-state index contributed by atoms with van der Waals surface area (Å²) in [6, 6.07) is 13.4. The summed E-state index contributed by atoms with van der Waals surface area (Å²) in [7, 11) is -3.68. The first-order valence-electron chi connectivity index (χ1n) is 9.87. The molecule has 3 rings (SSSR count). The van der Waals surface area contributed by atoms with Gasteiger partial charge in [-0.05, 0) is 55.8 Å². The average Bonchev–Trinajstić information content (AvgIpc) is 3.28. The highest BCUT2D eigenvalue weighted by molar-refractivity contribution is 7.92. The van der Waals surface area contributed by atoms with Crippen molar-refractivity contribution in [3.8, 4) is 11.4 Å². The van der Waals surface area contributed by atoms with Gasteiger partial charge in [-0.1, -0.05) is 12.1 Å². The van der Waals surface area contributed by atoms with Crippen molar-refractivity contribution in [1.82, 2.24) is 14.9 Å². The van der Waals surface area contributed by atoms with E-state index in [0.29, 0.717) is 18.0 Å². The fourth-order valence-corrected chi connectivity index (χ4v) is 4.37. The van der Waals surface area contributed by atoms with E-state index in [1.54, 1.807) is 43.7 Å². The number of anilines is 1. The molecular weight excluding hydrogens is 416 g/mol. The lowest BCUT2D eigenvalue weighted by Crippen LogP contribution is -2.47. The van der Waals surface area contributed by atoms with Crippen LogP contribution in [0.1, 0.15) is 19.4 Å². The highest BCUT2D eigenvalue weighted by atomic mass is 32.2. The molecule has 1 atom stereocenters. The third-order valence-electron chi connectivity index (χ3n) is 4.70. The van der Waals surface area contributed by atoms with Gasteiger partial charge in [0.2, 0.25) is 15.9 Å². The van der Waals surface area contributed by atoms with Crippen LogP contribution in [0.3, 0.4) is 0 Å². The lowest BCUT2D eigenvalue weighted by atomic mass is 10.2. The van der Waals surface area contributed by atoms with Gasteiger partial charge in [0, 0.05) is 24.6 Å². The number of ether oxygens (including phenoxy) is 1. The number of hydrogen-bond acceptors (Lipinski definition) is 5. The van der Waals surface area contributed by atoms with Crippen molar-refractivity contribution < 1.29 is 17.9 Å². The van der Waals surface area contributed by atoms with Crippen LogP contribution >= 0.6 is 0 Å². The molecule has 0 spiro atoms. The first-order valence-corrected chi connectivity index (χ1v) is 11.7. The Morgan fingerprint density at radius 2 is 1.84 bits per heavy atom. The largest absolute Gasteiger partial charge is 0.494 e. The Kier molecular flexibility index (Phi) is 6.96. The Hall–Kier alpha value is -3.33. The van der Waals surface area contributed by atoms with E-state index in [9.17, 15) is 13.2 Å². The summed E-state index contributed by atoms with van der Waals surface area (Å²) in [4.78, 5) is 16.8. The Bertz CT molecular complexity index is 1100. The lowest BCUT2D eigenvalue weighted by molar-refractivity contribution is -0.122. The number of benzene rings is 2. The Labute approximate surface area is 182 Å². The van der Waals surface area contributed by atoms with Crippen LogP contribution in [-0.4, -0.2) is 42.8 Å². The topological polar surface area (TPSA) is 93.5 Å². The van der Waals surface area contributed by atoms with Crippen LogP contribution in [0.15, 0.2) is 67.3 Å². The van der Waals surface area contributed by atoms with Crippen molar-refractivity contribution >= 4 is 21.6 Å². The van der Waals surface area contributed by atoms with Crippen molar-refractivity contribution in [3.05, 3.63) is 72.8 Å². The molecule has 1 N–H and O–H groups in total. The minimum atomic E-state index is -3.68. The number of aromatic nitrogens is 2. The number of carbonyl (C=O) groups is 1. The summed E-state index contributed by atoms with van der Waals surface area (Å²) in [5.74, 6) is 0.244. The van der Waals surface area contributed by atoms with E-state index in [1.807, 2.05) is 42.0 Å². The number of nitrogens with one attached hydrogen (secondary N) is 1. The molecule has 0 unspecified atom stereocenters. The summed E-state index contributed by atoms with van der Waals surface area (Å²) in [5.41, 5.74) is 2.26. The lowest BCUT2D eigenvalue weighted by Gasteiger charge is -2.28. The zero-order valence-corrected chi connectivity index (χ0v) is 18.5. The summed E-state index contributed by atoms with van der Waals surface area (Å²) in [6.07, 6.45) is 6.34. The van der Waals surface area contributed by atoms with Gasteiger partial charge < -0.3 is 14.6 Å². The van der Waals surface area contributed by atoms with E-state index >= 15 is 0 Å². The molecule has 31 heavy (non-hydrogen) atoms. The molecule has 1 amide bonds. The minimum absolute atomic E-state index is 0.286. The third kappa shape index (κ3) is 5.64. The first kappa shape index (κ1) is 22.4. The molecular formula is C22H26N4O4S. The number of hydrogen-bond donors (Lipinski definition) is 1. The van der Waals surface area contributed by atoms with Gasteiger partial charge in [0.1, 0.15) is 11.8 Å². The molecule has 1 heterocycles. The number of carbonyl (C=O) groups excluding carboxylic acids is 1. The molecule has 0 radical (unpaired) electrons. The van der Waals surface area contributed by atoms with E-state index in [0.717, 1.165) is 21.8 Å². The van der Waals surface area contributed by atoms with Gasteiger partial charge in [-0.2, -0.15) is 0 Å². The molecule has 0 bridgehead atoms. The van der Waals surface area contributed by atoms with Crippen molar-refractivity contribution in [2.45, 2.75) is 26.4 Å². The third-order valence-corrected chi connectivity index (χ3v) is 5.94. The van der Waals surface area contributed by atoms with Crippen LogP contribution in [0.4, 0.5) is 5.69 Å². The fraction of sp³-hybridized carbons (Fsp3) is 0.273. The molecule has 8 nitrogen and oxygen atoms in total. The molecule has 2 aromatic carbocycles. The van der Waals surface area contributed by atoms with Crippen molar-refractivity contribution in [1.29, 1.82) is 0 Å². The van der Waals surface area contributed by atoms with Gasteiger partial charge in [0.25, 0.3) is 0 Å². The van der Waals surface area contributed by atoms with Crippen LogP contribution in [-0.2, 0) is 21.4 Å². The molecule has 0 aliphatic rings. The molecule has 0 aliphatic carbocycles. The van der Waals surface area contributed by atoms with Gasteiger partial charge in [0.05, 0.1) is 24.9 Å². The molecule has 3 aromatic rings. The molecule has 0 saturated heterocycles. The summed E-state index contributed by atoms with van der Waals surface area (Å²) >= 11 is 0. The molecule has 0 fully saturated rings. The Balaban J connectivity index is 1.68. The van der Waals surface area contributed by atoms with E-state index in [1.165, 1.54) is 0 Å². The van der Waals surface area contributed by atoms with Crippen molar-refractivity contribution in [2.24, 2.45) is 0 Å². The SMILES string of the molecule is CCOc1ccc(N([C@@H](C)C(=O)NCc2ccc(-n3ccnc3)cc2)S(C)(=O)=O)cc1. The number of amides is 1. The van der Waals surface area contributed by atoms with Gasteiger partial charge >= 0.3 is 0 Å². The molecule has 164 valence electrons. The number of imidazole rings is 1. The molecule has 0 saturated carbocycles. The molecule has 0 aliphatic heterocycles. The number of rotatable bonds is 9. The highest BCUT2D eigenvalue weighted by Crippen LogP contribution is 2.24. The second-order valence-corrected chi connectivity index (χ2v) is 8.88. The second kappa shape index (κ2) is 9.65. The summed E-state index contributed by atoms with van der Waals surface area (Å²) < 4.78 is 33.2. The van der Waals surface area contributed by atoms with Crippen LogP contribution in [0.5, 0.6) is 5.75 Å². The van der Waals surface area contributed by atoms with Crippen LogP contribution in [0.25, 0.3) is 5.69 Å². The van der Waals surface area contributed by atoms with Crippen LogP contribution < -0.4 is 14.4 Å². The zero-order valence-electron chi connectivity index (χ0n) is 17.7. The summed E-state index contributed by atoms with van der Waals surface area (Å²) in [5, 5.41) is 2.82. The fourth-order valence-electron chi connectivity index (χ4n) is 3.20. The number of nitrogens with zero attached hydrogens (tertiary/aromatic N) is 3. The highest BCUT2D eigenvalue weighted by Gasteiger charge is 2.29. The predicted molar refractivity (Wildman–Crippen MR) is 120 cm³/mol. The second-order valence-electron chi connectivity index (χ2n) is 7.02. The molecule has 9 heteroatoms. The first-order chi connectivity index (χ1) is 14.8. The van der Waals surface area contributed by atoms with Gasteiger partial charge in [-0.25, -0.2) is 13.4 Å². The monoisotopic (exact) mass is 442 g/mol. The van der Waals surface area contributed by atoms with Gasteiger partial charge in [-0.15, -0.1) is 0 Å². The van der Waals surface area contributed by atoms with E-state index in [-0.39, 0.29) is 6.54 Å². The van der Waals surface area contributed by atoms with E-state index in [2.05, 4.69) is 10.3 Å². The van der Waals surface area contributed by atoms with E-state index in [4.69, 9.17) is 4.74 Å². The Morgan fingerprint density at radius 3 is 2.39 bits per heavy atom. The maximum Gasteiger partial charge on any atom is 0.243 e. The van der Waals surface area contributed by atoms with Crippen molar-refractivity contribution in [3.63, 3.8) is 0 Å². The van der Waals surface area contributed by atoms with Crippen LogP contribution in [0, 0.1) is 0 Å². The van der Waals surface area contributed by atoms with Gasteiger partial charge in [0.15, 0.2) is 0 Å². The smallest absolute Gasteiger partial charge is 0.243 e. The predicted octanol–water partition coefficient (Wildman–Crippen LogP) is 2.74.